The van der Waals surface area contributed by atoms with Gasteiger partial charge in [0.05, 0.1) is 6.07 Å². The lowest BCUT2D eigenvalue weighted by Crippen LogP contribution is -2.46. The summed E-state index contributed by atoms with van der Waals surface area (Å²) in [4.78, 5) is 0.900. The number of hydrogen-bond acceptors (Lipinski definition) is 3. The van der Waals surface area contributed by atoms with Crippen LogP contribution in [0, 0.1) is 17.1 Å². The van der Waals surface area contributed by atoms with E-state index in [1.54, 1.807) is 17.8 Å². The third-order valence-corrected chi connectivity index (χ3v) is 3.78. The van der Waals surface area contributed by atoms with Gasteiger partial charge >= 0.3 is 0 Å². The van der Waals surface area contributed by atoms with Crippen LogP contribution in [0.4, 0.5) is 4.39 Å². The minimum Gasteiger partial charge on any atom is -0.297 e. The Balaban J connectivity index is 2.64. The van der Waals surface area contributed by atoms with E-state index in [2.05, 4.69) is 18.3 Å². The average molecular weight is 280 g/mol. The fraction of sp³-hybridized carbons (Fsp3) is 0.533. The van der Waals surface area contributed by atoms with Crippen molar-refractivity contribution in [1.29, 1.82) is 5.26 Å². The number of nitriles is 1. The first kappa shape index (κ1) is 16.0. The number of halogens is 1. The van der Waals surface area contributed by atoms with Gasteiger partial charge in [-0.15, -0.1) is 11.8 Å². The van der Waals surface area contributed by atoms with Gasteiger partial charge in [-0.2, -0.15) is 5.26 Å². The Hall–Kier alpha value is -1.05. The van der Waals surface area contributed by atoms with Crippen LogP contribution in [0.2, 0.25) is 0 Å². The van der Waals surface area contributed by atoms with Gasteiger partial charge in [0.25, 0.3) is 0 Å². The fourth-order valence-corrected chi connectivity index (χ4v) is 3.38. The zero-order valence-corrected chi connectivity index (χ0v) is 12.7. The average Bonchev–Trinajstić information content (AvgIpc) is 2.27. The summed E-state index contributed by atoms with van der Waals surface area (Å²) in [5.74, 6) is -0.222. The molecule has 0 fully saturated rings. The summed E-state index contributed by atoms with van der Waals surface area (Å²) in [6, 6.07) is 9.17. The second-order valence-corrected chi connectivity index (χ2v) is 6.84. The van der Waals surface area contributed by atoms with E-state index in [4.69, 9.17) is 0 Å². The van der Waals surface area contributed by atoms with Crippen molar-refractivity contribution >= 4 is 11.8 Å². The quantitative estimate of drug-likeness (QED) is 0.801. The third kappa shape index (κ3) is 5.63. The minimum atomic E-state index is -0.548. The predicted molar refractivity (Wildman–Crippen MR) is 78.6 cm³/mol. The van der Waals surface area contributed by atoms with E-state index >= 15 is 0 Å². The molecule has 2 atom stereocenters. The molecule has 0 aromatic heterocycles. The summed E-state index contributed by atoms with van der Waals surface area (Å²) in [5, 5.41) is 12.8. The molecule has 0 heterocycles. The molecule has 0 aliphatic heterocycles. The van der Waals surface area contributed by atoms with Crippen LogP contribution in [-0.2, 0) is 0 Å². The van der Waals surface area contributed by atoms with Crippen LogP contribution in [-0.4, -0.2) is 16.8 Å². The molecule has 19 heavy (non-hydrogen) atoms. The van der Waals surface area contributed by atoms with Gasteiger partial charge in [0.2, 0.25) is 0 Å². The van der Waals surface area contributed by atoms with Gasteiger partial charge in [0, 0.05) is 16.2 Å². The molecule has 0 aliphatic carbocycles. The Labute approximate surface area is 119 Å². The molecule has 0 saturated heterocycles. The Morgan fingerprint density at radius 1 is 1.42 bits per heavy atom. The van der Waals surface area contributed by atoms with E-state index in [9.17, 15) is 9.65 Å². The predicted octanol–water partition coefficient (Wildman–Crippen LogP) is 3.98. The number of nitrogens with one attached hydrogen (secondary N) is 1. The van der Waals surface area contributed by atoms with Gasteiger partial charge in [0.1, 0.15) is 11.4 Å². The first-order valence-corrected chi connectivity index (χ1v) is 7.34. The smallest absolute Gasteiger partial charge is 0.124 e. The van der Waals surface area contributed by atoms with Crippen molar-refractivity contribution in [3.8, 4) is 6.07 Å². The molecule has 0 bridgehead atoms. The lowest BCUT2D eigenvalue weighted by atomic mass is 9.97. The molecule has 104 valence electrons. The van der Waals surface area contributed by atoms with Crippen molar-refractivity contribution in [3.63, 3.8) is 0 Å². The zero-order chi connectivity index (χ0) is 14.5. The molecule has 4 heteroatoms. The number of hydrogen-bond donors (Lipinski definition) is 1. The van der Waals surface area contributed by atoms with Crippen molar-refractivity contribution in [3.05, 3.63) is 30.1 Å². The van der Waals surface area contributed by atoms with Gasteiger partial charge in [-0.05, 0) is 45.4 Å². The highest BCUT2D eigenvalue weighted by atomic mass is 32.2. The van der Waals surface area contributed by atoms with Crippen LogP contribution in [0.1, 0.15) is 34.1 Å². The van der Waals surface area contributed by atoms with Gasteiger partial charge in [-0.1, -0.05) is 13.0 Å². The Kier molecular flexibility index (Phi) is 5.84. The molecule has 1 aromatic rings. The molecule has 2 nitrogen and oxygen atoms in total. The molecule has 0 saturated carbocycles. The van der Waals surface area contributed by atoms with Crippen molar-refractivity contribution in [2.24, 2.45) is 0 Å². The summed E-state index contributed by atoms with van der Waals surface area (Å²) < 4.78 is 13.1. The number of rotatable bonds is 6. The Morgan fingerprint density at radius 3 is 2.63 bits per heavy atom. The van der Waals surface area contributed by atoms with Gasteiger partial charge in [-0.3, -0.25) is 5.32 Å². The van der Waals surface area contributed by atoms with Crippen LogP contribution in [0.5, 0.6) is 0 Å². The highest BCUT2D eigenvalue weighted by molar-refractivity contribution is 7.99. The molecule has 1 aromatic carbocycles. The highest BCUT2D eigenvalue weighted by Gasteiger charge is 2.27. The van der Waals surface area contributed by atoms with Crippen LogP contribution >= 0.6 is 11.8 Å². The summed E-state index contributed by atoms with van der Waals surface area (Å²) in [6.45, 7) is 8.03. The van der Waals surface area contributed by atoms with Crippen LogP contribution in [0.15, 0.2) is 29.2 Å². The Bertz CT molecular complexity index is 456. The number of nitrogens with zero attached hydrogens (tertiary/aromatic N) is 1. The molecule has 2 unspecified atom stereocenters. The summed E-state index contributed by atoms with van der Waals surface area (Å²) in [7, 11) is 0. The molecule has 1 N–H and O–H groups in total. The topological polar surface area (TPSA) is 35.8 Å². The van der Waals surface area contributed by atoms with Gasteiger partial charge < -0.3 is 0 Å². The normalized spacial score (nSPS) is 15.8. The second-order valence-electron chi connectivity index (χ2n) is 5.33. The SMILES string of the molecule is CC(C)NC(C)(C#N)CC(C)Sc1cccc(F)c1. The molecule has 0 spiro atoms. The maximum absolute atomic E-state index is 13.1. The first-order chi connectivity index (χ1) is 8.84. The lowest BCUT2D eigenvalue weighted by Gasteiger charge is -2.28. The van der Waals surface area contributed by atoms with Crippen molar-refractivity contribution in [1.82, 2.24) is 5.32 Å². The van der Waals surface area contributed by atoms with E-state index in [-0.39, 0.29) is 17.1 Å². The van der Waals surface area contributed by atoms with Crippen molar-refractivity contribution < 1.29 is 4.39 Å². The van der Waals surface area contributed by atoms with E-state index in [0.717, 1.165) is 4.90 Å². The van der Waals surface area contributed by atoms with Crippen LogP contribution in [0.25, 0.3) is 0 Å². The first-order valence-electron chi connectivity index (χ1n) is 6.46. The molecular formula is C15H21FN2S. The summed E-state index contributed by atoms with van der Waals surface area (Å²) >= 11 is 1.60. The van der Waals surface area contributed by atoms with E-state index in [1.165, 1.54) is 12.1 Å². The third-order valence-electron chi connectivity index (χ3n) is 2.68. The van der Waals surface area contributed by atoms with Crippen LogP contribution < -0.4 is 5.32 Å². The standard InChI is InChI=1S/C15H21FN2S/c1-11(2)18-15(4,10-17)9-12(3)19-14-7-5-6-13(16)8-14/h5-8,11-12,18H,9H2,1-4H3. The molecule has 0 aliphatic rings. The number of benzene rings is 1. The molecule has 0 amide bonds. The van der Waals surface area contributed by atoms with E-state index in [0.29, 0.717) is 6.42 Å². The highest BCUT2D eigenvalue weighted by Crippen LogP contribution is 2.29. The van der Waals surface area contributed by atoms with E-state index in [1.807, 2.05) is 26.8 Å². The zero-order valence-electron chi connectivity index (χ0n) is 11.9. The van der Waals surface area contributed by atoms with Crippen molar-refractivity contribution in [2.75, 3.05) is 0 Å². The Morgan fingerprint density at radius 2 is 2.11 bits per heavy atom. The van der Waals surface area contributed by atoms with E-state index < -0.39 is 5.54 Å². The van der Waals surface area contributed by atoms with Gasteiger partial charge in [-0.25, -0.2) is 4.39 Å². The minimum absolute atomic E-state index is 0.222. The van der Waals surface area contributed by atoms with Crippen LogP contribution in [0.3, 0.4) is 0 Å². The summed E-state index contributed by atoms with van der Waals surface area (Å²) in [5.41, 5.74) is -0.548. The number of thioether (sulfide) groups is 1. The second kappa shape index (κ2) is 6.93. The molecule has 1 rings (SSSR count). The monoisotopic (exact) mass is 280 g/mol. The largest absolute Gasteiger partial charge is 0.297 e. The fourth-order valence-electron chi connectivity index (χ4n) is 2.16. The maximum atomic E-state index is 13.1. The molecule has 0 radical (unpaired) electrons. The van der Waals surface area contributed by atoms with Crippen molar-refractivity contribution in [2.45, 2.75) is 55.8 Å². The molecular weight excluding hydrogens is 259 g/mol. The lowest BCUT2D eigenvalue weighted by molar-refractivity contribution is 0.382. The maximum Gasteiger partial charge on any atom is 0.124 e. The summed E-state index contributed by atoms with van der Waals surface area (Å²) in [6.07, 6.45) is 0.711. The van der Waals surface area contributed by atoms with Gasteiger partial charge in [0.15, 0.2) is 0 Å².